The van der Waals surface area contributed by atoms with Gasteiger partial charge in [0.05, 0.1) is 0 Å². The van der Waals surface area contributed by atoms with Crippen molar-refractivity contribution >= 4 is 0 Å². The number of nitrogens with one attached hydrogen (secondary N) is 1. The van der Waals surface area contributed by atoms with E-state index in [2.05, 4.69) is 5.32 Å². The van der Waals surface area contributed by atoms with Crippen LogP contribution in [0.5, 0.6) is 0 Å². The van der Waals surface area contributed by atoms with Crippen molar-refractivity contribution in [3.05, 3.63) is 0 Å². The van der Waals surface area contributed by atoms with Gasteiger partial charge in [0, 0.05) is 12.6 Å². The zero-order valence-corrected chi connectivity index (χ0v) is 7.56. The molecule has 12 heavy (non-hydrogen) atoms. The molecule has 0 aromatic rings. The molecule has 0 aliphatic heterocycles. The third kappa shape index (κ3) is 5.43. The number of alkyl halides is 2. The lowest BCUT2D eigenvalue weighted by molar-refractivity contribution is -0.00446. The summed E-state index contributed by atoms with van der Waals surface area (Å²) in [5, 5.41) is 11.6. The number of halogens is 2. The Bertz CT molecular complexity index is 111. The monoisotopic (exact) mass is 181 g/mol. The first-order chi connectivity index (χ1) is 5.57. The van der Waals surface area contributed by atoms with Crippen LogP contribution in [0.25, 0.3) is 0 Å². The van der Waals surface area contributed by atoms with Gasteiger partial charge in [-0.3, -0.25) is 0 Å². The highest BCUT2D eigenvalue weighted by atomic mass is 19.3. The summed E-state index contributed by atoms with van der Waals surface area (Å²) in [4.78, 5) is 0. The minimum Gasteiger partial charge on any atom is -0.386 e. The van der Waals surface area contributed by atoms with Crippen LogP contribution in [0.2, 0.25) is 0 Å². The average Bonchev–Trinajstić information content (AvgIpc) is 2.00. The Balaban J connectivity index is 3.40. The summed E-state index contributed by atoms with van der Waals surface area (Å²) in [6, 6.07) is 0.198. The van der Waals surface area contributed by atoms with Crippen molar-refractivity contribution in [2.45, 2.75) is 45.3 Å². The van der Waals surface area contributed by atoms with Crippen molar-refractivity contribution < 1.29 is 13.9 Å². The number of hydrogen-bond acceptors (Lipinski definition) is 2. The number of hydrogen-bond donors (Lipinski definition) is 2. The first-order valence-corrected chi connectivity index (χ1v) is 4.27. The molecule has 0 aromatic heterocycles. The van der Waals surface area contributed by atoms with E-state index in [4.69, 9.17) is 5.11 Å². The van der Waals surface area contributed by atoms with Crippen molar-refractivity contribution in [1.29, 1.82) is 0 Å². The van der Waals surface area contributed by atoms with Gasteiger partial charge in [0.2, 0.25) is 0 Å². The quantitative estimate of drug-likeness (QED) is 0.649. The molecule has 2 atom stereocenters. The topological polar surface area (TPSA) is 32.3 Å². The summed E-state index contributed by atoms with van der Waals surface area (Å²) in [6.07, 6.45) is -2.23. The molecule has 2 N–H and O–H groups in total. The highest BCUT2D eigenvalue weighted by Crippen LogP contribution is 2.00. The molecule has 2 nitrogen and oxygen atoms in total. The molecule has 0 radical (unpaired) electrons. The fourth-order valence-corrected chi connectivity index (χ4v) is 0.946. The van der Waals surface area contributed by atoms with Gasteiger partial charge in [-0.25, -0.2) is 8.78 Å². The maximum atomic E-state index is 11.8. The summed E-state index contributed by atoms with van der Waals surface area (Å²) in [7, 11) is 0. The number of rotatable bonds is 6. The van der Waals surface area contributed by atoms with Gasteiger partial charge in [0.25, 0.3) is 6.43 Å². The number of aliphatic hydroxyl groups excluding tert-OH is 1. The summed E-state index contributed by atoms with van der Waals surface area (Å²) >= 11 is 0. The molecule has 2 unspecified atom stereocenters. The Morgan fingerprint density at radius 1 is 1.42 bits per heavy atom. The van der Waals surface area contributed by atoms with Gasteiger partial charge in [-0.2, -0.15) is 0 Å². The van der Waals surface area contributed by atoms with E-state index in [-0.39, 0.29) is 12.6 Å². The Labute approximate surface area is 72.0 Å². The van der Waals surface area contributed by atoms with Crippen molar-refractivity contribution in [2.75, 3.05) is 6.54 Å². The Morgan fingerprint density at radius 2 is 2.00 bits per heavy atom. The zero-order valence-electron chi connectivity index (χ0n) is 7.56. The molecule has 0 aliphatic rings. The Morgan fingerprint density at radius 3 is 2.42 bits per heavy atom. The molecule has 0 bridgehead atoms. The zero-order chi connectivity index (χ0) is 9.56. The van der Waals surface area contributed by atoms with Crippen LogP contribution in [0, 0.1) is 0 Å². The second kappa shape index (κ2) is 6.31. The lowest BCUT2D eigenvalue weighted by atomic mass is 10.2. The first-order valence-electron chi connectivity index (χ1n) is 4.27. The van der Waals surface area contributed by atoms with Crippen LogP contribution in [0.1, 0.15) is 26.7 Å². The second-order valence-electron chi connectivity index (χ2n) is 3.00. The van der Waals surface area contributed by atoms with Crippen molar-refractivity contribution in [1.82, 2.24) is 5.32 Å². The van der Waals surface area contributed by atoms with Crippen LogP contribution in [0.4, 0.5) is 8.78 Å². The third-order valence-corrected chi connectivity index (χ3v) is 1.69. The molecule has 0 saturated heterocycles. The normalized spacial score (nSPS) is 16.5. The van der Waals surface area contributed by atoms with E-state index in [1.165, 1.54) is 0 Å². The number of aliphatic hydroxyl groups is 1. The van der Waals surface area contributed by atoms with Gasteiger partial charge in [-0.15, -0.1) is 0 Å². The van der Waals surface area contributed by atoms with Crippen molar-refractivity contribution in [3.63, 3.8) is 0 Å². The largest absolute Gasteiger partial charge is 0.386 e. The summed E-state index contributed by atoms with van der Waals surface area (Å²) in [5.41, 5.74) is 0. The fraction of sp³-hybridized carbons (Fsp3) is 1.00. The molecule has 4 heteroatoms. The van der Waals surface area contributed by atoms with Crippen LogP contribution in [0.3, 0.4) is 0 Å². The maximum Gasteiger partial charge on any atom is 0.265 e. The van der Waals surface area contributed by atoms with E-state index in [1.807, 2.05) is 13.8 Å². The first kappa shape index (κ1) is 11.8. The molecule has 0 heterocycles. The molecule has 0 spiro atoms. The van der Waals surface area contributed by atoms with Gasteiger partial charge in [0.15, 0.2) is 0 Å². The van der Waals surface area contributed by atoms with Crippen LogP contribution < -0.4 is 5.32 Å². The smallest absolute Gasteiger partial charge is 0.265 e. The van der Waals surface area contributed by atoms with Crippen molar-refractivity contribution in [3.8, 4) is 0 Å². The molecule has 0 aromatic carbocycles. The van der Waals surface area contributed by atoms with Gasteiger partial charge in [0.1, 0.15) is 6.10 Å². The van der Waals surface area contributed by atoms with Gasteiger partial charge >= 0.3 is 0 Å². The molecule has 0 rings (SSSR count). The lowest BCUT2D eigenvalue weighted by Gasteiger charge is -2.15. The summed E-state index contributed by atoms with van der Waals surface area (Å²) in [6.45, 7) is 3.92. The highest BCUT2D eigenvalue weighted by Gasteiger charge is 2.16. The molecular formula is C8H17F2NO. The van der Waals surface area contributed by atoms with Gasteiger partial charge in [-0.05, 0) is 13.3 Å². The third-order valence-electron chi connectivity index (χ3n) is 1.69. The van der Waals surface area contributed by atoms with Crippen LogP contribution in [-0.2, 0) is 0 Å². The highest BCUT2D eigenvalue weighted by molar-refractivity contribution is 4.66. The van der Waals surface area contributed by atoms with Crippen LogP contribution in [0.15, 0.2) is 0 Å². The standard InChI is InChI=1S/C8H17F2NO/c1-3-4-6(2)11-5-7(12)8(9)10/h6-8,11-12H,3-5H2,1-2H3. The van der Waals surface area contributed by atoms with E-state index in [1.54, 1.807) is 0 Å². The molecule has 0 fully saturated rings. The minimum absolute atomic E-state index is 0.0289. The van der Waals surface area contributed by atoms with E-state index in [0.29, 0.717) is 0 Å². The fourth-order valence-electron chi connectivity index (χ4n) is 0.946. The Kier molecular flexibility index (Phi) is 6.20. The van der Waals surface area contributed by atoms with E-state index < -0.39 is 12.5 Å². The summed E-state index contributed by atoms with van der Waals surface area (Å²) in [5.74, 6) is 0. The van der Waals surface area contributed by atoms with Crippen LogP contribution >= 0.6 is 0 Å². The van der Waals surface area contributed by atoms with E-state index in [9.17, 15) is 8.78 Å². The second-order valence-corrected chi connectivity index (χ2v) is 3.00. The molecule has 0 amide bonds. The van der Waals surface area contributed by atoms with E-state index in [0.717, 1.165) is 12.8 Å². The minimum atomic E-state index is -2.65. The molecule has 0 saturated carbocycles. The lowest BCUT2D eigenvalue weighted by Crippen LogP contribution is -2.37. The van der Waals surface area contributed by atoms with Crippen molar-refractivity contribution in [2.24, 2.45) is 0 Å². The van der Waals surface area contributed by atoms with Gasteiger partial charge < -0.3 is 10.4 Å². The molecular weight excluding hydrogens is 164 g/mol. The van der Waals surface area contributed by atoms with Crippen LogP contribution in [-0.4, -0.2) is 30.2 Å². The van der Waals surface area contributed by atoms with E-state index >= 15 is 0 Å². The molecule has 74 valence electrons. The molecule has 0 aliphatic carbocycles. The SMILES string of the molecule is CCCC(C)NCC(O)C(F)F. The predicted octanol–water partition coefficient (Wildman–Crippen LogP) is 1.39. The summed E-state index contributed by atoms with van der Waals surface area (Å²) < 4.78 is 23.5. The average molecular weight is 181 g/mol. The maximum absolute atomic E-state index is 11.8. The predicted molar refractivity (Wildman–Crippen MR) is 44.4 cm³/mol. The van der Waals surface area contributed by atoms with Gasteiger partial charge in [-0.1, -0.05) is 13.3 Å². The Hall–Kier alpha value is -0.220.